The number of guanidine groups is 1. The Kier molecular flexibility index (Phi) is 8.75. The van der Waals surface area contributed by atoms with E-state index in [0.717, 1.165) is 23.4 Å². The van der Waals surface area contributed by atoms with Crippen molar-refractivity contribution in [2.24, 2.45) is 4.99 Å². The number of hydrogen-bond donors (Lipinski definition) is 2. The van der Waals surface area contributed by atoms with Gasteiger partial charge in [0, 0.05) is 30.8 Å². The molecule has 28 heavy (non-hydrogen) atoms. The fourth-order valence-electron chi connectivity index (χ4n) is 2.83. The highest BCUT2D eigenvalue weighted by Gasteiger charge is 2.07. The first-order chi connectivity index (χ1) is 13.5. The summed E-state index contributed by atoms with van der Waals surface area (Å²) in [5, 5.41) is 6.59. The third-order valence-corrected chi connectivity index (χ3v) is 4.08. The first-order valence-electron chi connectivity index (χ1n) is 9.68. The summed E-state index contributed by atoms with van der Waals surface area (Å²) in [6.45, 7) is 7.04. The largest absolute Gasteiger partial charge is 0.494 e. The average Bonchev–Trinajstić information content (AvgIpc) is 2.67. The molecule has 2 aromatic carbocycles. The summed E-state index contributed by atoms with van der Waals surface area (Å²) in [4.78, 5) is 6.59. The highest BCUT2D eigenvalue weighted by molar-refractivity contribution is 5.79. The minimum atomic E-state index is -0.181. The van der Waals surface area contributed by atoms with Crippen LogP contribution in [0.5, 0.6) is 5.75 Å². The van der Waals surface area contributed by atoms with E-state index in [1.807, 2.05) is 63.2 Å². The zero-order valence-electron chi connectivity index (χ0n) is 17.3. The number of hydrogen-bond acceptors (Lipinski definition) is 3. The van der Waals surface area contributed by atoms with Crippen LogP contribution in [-0.4, -0.2) is 38.1 Å². The predicted molar refractivity (Wildman–Crippen MR) is 113 cm³/mol. The number of halogens is 1. The van der Waals surface area contributed by atoms with Gasteiger partial charge in [0.15, 0.2) is 5.96 Å². The van der Waals surface area contributed by atoms with Crippen LogP contribution in [-0.2, 0) is 19.6 Å². The quantitative estimate of drug-likeness (QED) is 0.511. The molecule has 0 fully saturated rings. The molecule has 0 aliphatic rings. The second kappa shape index (κ2) is 11.3. The standard InChI is InChI=1S/C22H31FN4O/c1-5-24-22(26-15-18-9-7-8-10-21(18)28-6-2)25-14-17-11-12-20(23)19(13-17)16-27(3)4/h7-13H,5-6,14-16H2,1-4H3,(H2,24,25,26). The molecule has 0 radical (unpaired) electrons. The zero-order chi connectivity index (χ0) is 20.4. The van der Waals surface area contributed by atoms with Gasteiger partial charge >= 0.3 is 0 Å². The Labute approximate surface area is 167 Å². The van der Waals surface area contributed by atoms with E-state index in [0.29, 0.717) is 37.8 Å². The fraction of sp³-hybridized carbons (Fsp3) is 0.409. The van der Waals surface area contributed by atoms with Crippen LogP contribution in [0, 0.1) is 5.82 Å². The smallest absolute Gasteiger partial charge is 0.191 e. The summed E-state index contributed by atoms with van der Waals surface area (Å²) >= 11 is 0. The van der Waals surface area contributed by atoms with Crippen molar-refractivity contribution in [3.05, 3.63) is 65.0 Å². The zero-order valence-corrected chi connectivity index (χ0v) is 17.3. The first kappa shape index (κ1) is 21.7. The third kappa shape index (κ3) is 6.85. The Bertz CT molecular complexity index is 777. The van der Waals surface area contributed by atoms with Crippen molar-refractivity contribution in [3.63, 3.8) is 0 Å². The molecule has 0 heterocycles. The molecular weight excluding hydrogens is 355 g/mol. The molecule has 0 aliphatic carbocycles. The summed E-state index contributed by atoms with van der Waals surface area (Å²) in [7, 11) is 3.86. The monoisotopic (exact) mass is 386 g/mol. The van der Waals surface area contributed by atoms with Gasteiger partial charge in [0.05, 0.1) is 13.2 Å². The molecule has 2 N–H and O–H groups in total. The van der Waals surface area contributed by atoms with Gasteiger partial charge in [0.2, 0.25) is 0 Å². The summed E-state index contributed by atoms with van der Waals surface area (Å²) in [5.41, 5.74) is 2.73. The minimum Gasteiger partial charge on any atom is -0.494 e. The van der Waals surface area contributed by atoms with Crippen LogP contribution >= 0.6 is 0 Å². The number of ether oxygens (including phenoxy) is 1. The molecule has 0 unspecified atom stereocenters. The maximum atomic E-state index is 14.0. The molecule has 0 aliphatic heterocycles. The van der Waals surface area contributed by atoms with Crippen LogP contribution in [0.25, 0.3) is 0 Å². The summed E-state index contributed by atoms with van der Waals surface area (Å²) < 4.78 is 19.6. The topological polar surface area (TPSA) is 48.9 Å². The van der Waals surface area contributed by atoms with Crippen LogP contribution in [0.2, 0.25) is 0 Å². The molecule has 0 spiro atoms. The van der Waals surface area contributed by atoms with Crippen molar-refractivity contribution in [1.29, 1.82) is 0 Å². The van der Waals surface area contributed by atoms with Gasteiger partial charge in [-0.25, -0.2) is 9.38 Å². The van der Waals surface area contributed by atoms with Crippen LogP contribution in [0.4, 0.5) is 4.39 Å². The molecule has 5 nitrogen and oxygen atoms in total. The third-order valence-electron chi connectivity index (χ3n) is 4.08. The second-order valence-corrected chi connectivity index (χ2v) is 6.75. The molecule has 0 saturated heterocycles. The van der Waals surface area contributed by atoms with Gasteiger partial charge in [-0.15, -0.1) is 0 Å². The summed E-state index contributed by atoms with van der Waals surface area (Å²) in [6.07, 6.45) is 0. The van der Waals surface area contributed by atoms with Crippen molar-refractivity contribution in [1.82, 2.24) is 15.5 Å². The van der Waals surface area contributed by atoms with Gasteiger partial charge in [-0.2, -0.15) is 0 Å². The van der Waals surface area contributed by atoms with Crippen LogP contribution in [0.3, 0.4) is 0 Å². The Morgan fingerprint density at radius 2 is 1.86 bits per heavy atom. The molecule has 0 bridgehead atoms. The van der Waals surface area contributed by atoms with Crippen LogP contribution in [0.15, 0.2) is 47.5 Å². The van der Waals surface area contributed by atoms with E-state index in [9.17, 15) is 4.39 Å². The number of rotatable bonds is 9. The lowest BCUT2D eigenvalue weighted by atomic mass is 10.1. The Morgan fingerprint density at radius 1 is 1.07 bits per heavy atom. The minimum absolute atomic E-state index is 0.181. The lowest BCUT2D eigenvalue weighted by Crippen LogP contribution is -2.36. The maximum absolute atomic E-state index is 14.0. The highest BCUT2D eigenvalue weighted by Crippen LogP contribution is 2.17. The normalized spacial score (nSPS) is 11.6. The number of nitrogens with zero attached hydrogens (tertiary/aromatic N) is 2. The molecule has 0 amide bonds. The van der Waals surface area contributed by atoms with Gasteiger partial charge in [-0.1, -0.05) is 24.3 Å². The first-order valence-corrected chi connectivity index (χ1v) is 9.68. The molecule has 0 saturated carbocycles. The van der Waals surface area contributed by atoms with Crippen LogP contribution < -0.4 is 15.4 Å². The van der Waals surface area contributed by atoms with Gasteiger partial charge in [0.25, 0.3) is 0 Å². The number of aliphatic imine (C=N–C) groups is 1. The lowest BCUT2D eigenvalue weighted by molar-refractivity contribution is 0.336. The number of para-hydroxylation sites is 1. The van der Waals surface area contributed by atoms with Crippen molar-refractivity contribution in [2.45, 2.75) is 33.5 Å². The number of benzene rings is 2. The van der Waals surface area contributed by atoms with E-state index in [2.05, 4.69) is 15.6 Å². The molecule has 2 rings (SSSR count). The Morgan fingerprint density at radius 3 is 2.57 bits per heavy atom. The molecule has 152 valence electrons. The molecule has 0 aromatic heterocycles. The maximum Gasteiger partial charge on any atom is 0.191 e. The summed E-state index contributed by atoms with van der Waals surface area (Å²) in [6, 6.07) is 13.1. The van der Waals surface area contributed by atoms with E-state index >= 15 is 0 Å². The van der Waals surface area contributed by atoms with E-state index in [4.69, 9.17) is 4.74 Å². The van der Waals surface area contributed by atoms with Crippen molar-refractivity contribution in [2.75, 3.05) is 27.2 Å². The highest BCUT2D eigenvalue weighted by atomic mass is 19.1. The summed E-state index contributed by atoms with van der Waals surface area (Å²) in [5.74, 6) is 1.41. The van der Waals surface area contributed by atoms with Gasteiger partial charge in [-0.3, -0.25) is 0 Å². The number of nitrogens with one attached hydrogen (secondary N) is 2. The van der Waals surface area contributed by atoms with Gasteiger partial charge in [0.1, 0.15) is 11.6 Å². The van der Waals surface area contributed by atoms with Crippen LogP contribution in [0.1, 0.15) is 30.5 Å². The SMILES string of the molecule is CCNC(=NCc1ccc(F)c(CN(C)C)c1)NCc1ccccc1OCC. The van der Waals surface area contributed by atoms with Crippen molar-refractivity contribution < 1.29 is 9.13 Å². The molecule has 6 heteroatoms. The van der Waals surface area contributed by atoms with Gasteiger partial charge in [-0.05, 0) is 51.7 Å². The van der Waals surface area contributed by atoms with Gasteiger partial charge < -0.3 is 20.3 Å². The second-order valence-electron chi connectivity index (χ2n) is 6.75. The molecular formula is C22H31FN4O. The predicted octanol–water partition coefficient (Wildman–Crippen LogP) is 3.54. The fourth-order valence-corrected chi connectivity index (χ4v) is 2.83. The lowest BCUT2D eigenvalue weighted by Gasteiger charge is -2.14. The van der Waals surface area contributed by atoms with E-state index in [1.165, 1.54) is 6.07 Å². The van der Waals surface area contributed by atoms with E-state index in [-0.39, 0.29) is 5.82 Å². The van der Waals surface area contributed by atoms with E-state index in [1.54, 1.807) is 6.07 Å². The Hall–Kier alpha value is -2.60. The average molecular weight is 387 g/mol. The Balaban J connectivity index is 2.06. The van der Waals surface area contributed by atoms with E-state index < -0.39 is 0 Å². The van der Waals surface area contributed by atoms with Crippen molar-refractivity contribution in [3.8, 4) is 5.75 Å². The molecule has 0 atom stereocenters. The molecule has 2 aromatic rings. The van der Waals surface area contributed by atoms with Crippen molar-refractivity contribution >= 4 is 5.96 Å².